The van der Waals surface area contributed by atoms with Gasteiger partial charge in [0.1, 0.15) is 17.2 Å². The number of benzene rings is 3. The zero-order valence-corrected chi connectivity index (χ0v) is 22.4. The van der Waals surface area contributed by atoms with Crippen molar-refractivity contribution in [3.05, 3.63) is 109 Å². The Morgan fingerprint density at radius 3 is 1.55 bits per heavy atom. The molecule has 42 heavy (non-hydrogen) atoms. The number of esters is 3. The van der Waals surface area contributed by atoms with E-state index in [1.54, 1.807) is 12.1 Å². The number of amides is 1. The van der Waals surface area contributed by atoms with Crippen molar-refractivity contribution in [2.75, 3.05) is 18.5 Å². The van der Waals surface area contributed by atoms with E-state index in [1.165, 1.54) is 60.7 Å². The molecule has 0 aliphatic carbocycles. The van der Waals surface area contributed by atoms with E-state index in [4.69, 9.17) is 23.7 Å². The van der Waals surface area contributed by atoms with Crippen molar-refractivity contribution >= 4 is 35.7 Å². The van der Waals surface area contributed by atoms with Crippen molar-refractivity contribution in [2.24, 2.45) is 0 Å². The van der Waals surface area contributed by atoms with E-state index >= 15 is 0 Å². The first kappa shape index (κ1) is 30.8. The van der Waals surface area contributed by atoms with Crippen molar-refractivity contribution < 1.29 is 47.7 Å². The average Bonchev–Trinajstić information content (AvgIpc) is 3.00. The van der Waals surface area contributed by atoms with E-state index in [0.717, 1.165) is 12.2 Å². The Labute approximate surface area is 241 Å². The van der Waals surface area contributed by atoms with E-state index in [0.29, 0.717) is 18.5 Å². The molecule has 3 rings (SSSR count). The lowest BCUT2D eigenvalue weighted by Crippen LogP contribution is -2.13. The topological polar surface area (TPSA) is 144 Å². The summed E-state index contributed by atoms with van der Waals surface area (Å²) in [4.78, 5) is 59.0. The number of unbranched alkanes of at least 4 members (excludes halogenated alkanes) is 1. The van der Waals surface area contributed by atoms with Crippen molar-refractivity contribution in [2.45, 2.75) is 12.8 Å². The van der Waals surface area contributed by atoms with Crippen molar-refractivity contribution in [1.82, 2.24) is 0 Å². The summed E-state index contributed by atoms with van der Waals surface area (Å²) in [5.41, 5.74) is 0.973. The molecule has 11 heteroatoms. The number of ether oxygens (including phenoxy) is 5. The maximum Gasteiger partial charge on any atom is 0.513 e. The van der Waals surface area contributed by atoms with Gasteiger partial charge >= 0.3 is 24.1 Å². The Morgan fingerprint density at radius 1 is 0.595 bits per heavy atom. The van der Waals surface area contributed by atoms with E-state index in [2.05, 4.69) is 18.5 Å². The molecule has 3 aromatic rings. The quantitative estimate of drug-likeness (QED) is 0.0943. The van der Waals surface area contributed by atoms with Crippen LogP contribution in [0.1, 0.15) is 33.6 Å². The minimum absolute atomic E-state index is 0.0806. The van der Waals surface area contributed by atoms with Crippen molar-refractivity contribution in [3.8, 4) is 17.2 Å². The maximum atomic E-state index is 12.5. The molecule has 0 heterocycles. The molecule has 0 aromatic heterocycles. The zero-order chi connectivity index (χ0) is 30.3. The lowest BCUT2D eigenvalue weighted by Gasteiger charge is -2.08. The highest BCUT2D eigenvalue weighted by Gasteiger charge is 2.13. The summed E-state index contributed by atoms with van der Waals surface area (Å²) in [6.07, 6.45) is 2.27. The summed E-state index contributed by atoms with van der Waals surface area (Å²) < 4.78 is 25.5. The second kappa shape index (κ2) is 15.8. The van der Waals surface area contributed by atoms with Gasteiger partial charge < -0.3 is 29.0 Å². The normalized spacial score (nSPS) is 10.0. The minimum atomic E-state index is -0.914. The van der Waals surface area contributed by atoms with E-state index in [1.807, 2.05) is 0 Å². The lowest BCUT2D eigenvalue weighted by molar-refractivity contribution is -0.137. The largest absolute Gasteiger partial charge is 0.513 e. The van der Waals surface area contributed by atoms with Crippen LogP contribution >= 0.6 is 0 Å². The molecule has 0 saturated carbocycles. The Kier molecular flexibility index (Phi) is 11.6. The summed E-state index contributed by atoms with van der Waals surface area (Å²) in [6, 6.07) is 17.7. The van der Waals surface area contributed by atoms with Gasteiger partial charge in [-0.3, -0.25) is 4.79 Å². The number of hydrogen-bond donors (Lipinski definition) is 1. The first-order chi connectivity index (χ1) is 20.3. The van der Waals surface area contributed by atoms with Gasteiger partial charge in [-0.25, -0.2) is 19.2 Å². The number of nitrogens with one attached hydrogen (secondary N) is 1. The van der Waals surface area contributed by atoms with Crippen LogP contribution in [0.3, 0.4) is 0 Å². The molecule has 216 valence electrons. The van der Waals surface area contributed by atoms with Crippen LogP contribution in [0.5, 0.6) is 17.2 Å². The van der Waals surface area contributed by atoms with Gasteiger partial charge in [-0.05, 0) is 91.7 Å². The highest BCUT2D eigenvalue weighted by Crippen LogP contribution is 2.21. The first-order valence-electron chi connectivity index (χ1n) is 12.6. The van der Waals surface area contributed by atoms with Gasteiger partial charge in [0.2, 0.25) is 5.91 Å². The van der Waals surface area contributed by atoms with Gasteiger partial charge in [0.15, 0.2) is 0 Å². The van der Waals surface area contributed by atoms with Crippen LogP contribution < -0.4 is 19.5 Å². The number of hydrogen-bond acceptors (Lipinski definition) is 10. The fourth-order valence-corrected chi connectivity index (χ4v) is 3.17. The van der Waals surface area contributed by atoms with Gasteiger partial charge in [-0.2, -0.15) is 0 Å². The van der Waals surface area contributed by atoms with Crippen molar-refractivity contribution in [1.29, 1.82) is 0 Å². The van der Waals surface area contributed by atoms with Crippen LogP contribution in [0.4, 0.5) is 10.5 Å². The molecule has 0 atom stereocenters. The van der Waals surface area contributed by atoms with Gasteiger partial charge in [-0.15, -0.1) is 0 Å². The number of anilines is 1. The number of rotatable bonds is 13. The van der Waals surface area contributed by atoms with E-state index in [9.17, 15) is 24.0 Å². The fraction of sp³-hybridized carbons (Fsp3) is 0.129. The molecule has 11 nitrogen and oxygen atoms in total. The fourth-order valence-electron chi connectivity index (χ4n) is 3.17. The molecule has 0 fully saturated rings. The third-order valence-corrected chi connectivity index (χ3v) is 5.28. The van der Waals surface area contributed by atoms with Gasteiger partial charge in [0.05, 0.1) is 24.3 Å². The van der Waals surface area contributed by atoms with E-state index in [-0.39, 0.29) is 47.5 Å². The Bertz CT molecular complexity index is 1430. The Hall–Kier alpha value is -5.71. The monoisotopic (exact) mass is 573 g/mol. The summed E-state index contributed by atoms with van der Waals surface area (Å²) >= 11 is 0. The second-order valence-electron chi connectivity index (χ2n) is 8.32. The molecular weight excluding hydrogens is 546 g/mol. The molecule has 0 radical (unpaired) electrons. The molecule has 0 bridgehead atoms. The van der Waals surface area contributed by atoms with Gasteiger partial charge in [-0.1, -0.05) is 13.2 Å². The number of carbonyl (C=O) groups is 5. The summed E-state index contributed by atoms with van der Waals surface area (Å²) in [5.74, 6) is -1.55. The second-order valence-corrected chi connectivity index (χ2v) is 8.32. The molecular formula is C31H27NO10. The lowest BCUT2D eigenvalue weighted by atomic mass is 10.2. The van der Waals surface area contributed by atoms with Gasteiger partial charge in [0, 0.05) is 11.8 Å². The Balaban J connectivity index is 1.42. The van der Waals surface area contributed by atoms with Gasteiger partial charge in [0.25, 0.3) is 0 Å². The van der Waals surface area contributed by atoms with Crippen LogP contribution in [0.2, 0.25) is 0 Å². The molecule has 0 saturated heterocycles. The first-order valence-corrected chi connectivity index (χ1v) is 12.6. The number of carbonyl (C=O) groups excluding carboxylic acids is 5. The smallest absolute Gasteiger partial charge is 0.463 e. The molecule has 1 amide bonds. The SMILES string of the molecule is C=CC(=O)Nc1ccc(C(=O)Oc2ccc(OC(=O)c3ccc(OC(=O)OCCCCOC(=O)C=C)cc3)cc2)cc1. The molecule has 0 unspecified atom stereocenters. The predicted octanol–water partition coefficient (Wildman–Crippen LogP) is 5.27. The molecule has 0 aliphatic rings. The van der Waals surface area contributed by atoms with Crippen LogP contribution in [0.15, 0.2) is 98.1 Å². The van der Waals surface area contributed by atoms with E-state index < -0.39 is 24.1 Å². The summed E-state index contributed by atoms with van der Waals surface area (Å²) in [5, 5.41) is 2.58. The van der Waals surface area contributed by atoms with Crippen LogP contribution in [-0.4, -0.2) is 43.2 Å². The van der Waals surface area contributed by atoms with Crippen molar-refractivity contribution in [3.63, 3.8) is 0 Å². The molecule has 0 aliphatic heterocycles. The molecule has 0 spiro atoms. The van der Waals surface area contributed by atoms with Crippen LogP contribution in [-0.2, 0) is 19.1 Å². The molecule has 3 aromatic carbocycles. The third-order valence-electron chi connectivity index (χ3n) is 5.28. The average molecular weight is 574 g/mol. The standard InChI is InChI=1S/C31H27NO10/c1-3-27(33)32-23-11-7-21(8-12-23)29(35)40-24-15-17-25(18-16-24)41-30(36)22-9-13-26(14-10-22)42-31(37)39-20-6-5-19-38-28(34)4-2/h3-4,7-18H,1-2,5-6,19-20H2,(H,32,33). The van der Waals surface area contributed by atoms with Crippen LogP contribution in [0, 0.1) is 0 Å². The highest BCUT2D eigenvalue weighted by molar-refractivity contribution is 5.99. The zero-order valence-electron chi connectivity index (χ0n) is 22.4. The predicted molar refractivity (Wildman–Crippen MR) is 150 cm³/mol. The summed E-state index contributed by atoms with van der Waals surface area (Å²) in [6.45, 7) is 6.93. The summed E-state index contributed by atoms with van der Waals surface area (Å²) in [7, 11) is 0. The molecule has 1 N–H and O–H groups in total. The highest BCUT2D eigenvalue weighted by atomic mass is 16.7. The third kappa shape index (κ3) is 10.1. The Morgan fingerprint density at radius 2 is 1.05 bits per heavy atom. The maximum absolute atomic E-state index is 12.5. The minimum Gasteiger partial charge on any atom is -0.463 e. The van der Waals surface area contributed by atoms with Crippen LogP contribution in [0.25, 0.3) is 0 Å².